The molecule has 1 aliphatic carbocycles. The van der Waals surface area contributed by atoms with E-state index in [9.17, 15) is 0 Å². The van der Waals surface area contributed by atoms with Crippen LogP contribution in [0.25, 0.3) is 0 Å². The molecule has 1 aliphatic rings. The highest BCUT2D eigenvalue weighted by Crippen LogP contribution is 2.23. The summed E-state index contributed by atoms with van der Waals surface area (Å²) in [6.07, 6.45) is 9.97. The predicted octanol–water partition coefficient (Wildman–Crippen LogP) is 3.05. The molecule has 1 fully saturated rings. The lowest BCUT2D eigenvalue weighted by Crippen LogP contribution is -2.32. The topological polar surface area (TPSA) is 41.1 Å². The number of aromatic nitrogens is 2. The van der Waals surface area contributed by atoms with E-state index >= 15 is 0 Å². The van der Waals surface area contributed by atoms with Gasteiger partial charge in [0.15, 0.2) is 0 Å². The summed E-state index contributed by atoms with van der Waals surface area (Å²) in [7, 11) is 2.15. The summed E-state index contributed by atoms with van der Waals surface area (Å²) in [5.74, 6) is 0.884. The van der Waals surface area contributed by atoms with Crippen LogP contribution in [0.5, 0.6) is 0 Å². The lowest BCUT2D eigenvalue weighted by Gasteiger charge is -2.27. The van der Waals surface area contributed by atoms with Gasteiger partial charge in [0.2, 0.25) is 5.95 Å². The Balaban J connectivity index is 2.05. The molecule has 1 saturated carbocycles. The van der Waals surface area contributed by atoms with E-state index in [-0.39, 0.29) is 0 Å². The van der Waals surface area contributed by atoms with E-state index in [1.165, 1.54) is 44.1 Å². The number of nitrogens with one attached hydrogen (secondary N) is 1. The van der Waals surface area contributed by atoms with E-state index in [1.54, 1.807) is 0 Å². The Morgan fingerprint density at radius 1 is 1.25 bits per heavy atom. The highest BCUT2D eigenvalue weighted by atomic mass is 15.2. The Morgan fingerprint density at radius 2 is 1.95 bits per heavy atom. The first-order chi connectivity index (χ1) is 9.72. The van der Waals surface area contributed by atoms with Gasteiger partial charge in [-0.2, -0.15) is 0 Å². The Bertz CT molecular complexity index is 411. The molecule has 112 valence electrons. The molecule has 0 aliphatic heterocycles. The van der Waals surface area contributed by atoms with E-state index in [4.69, 9.17) is 4.98 Å². The van der Waals surface area contributed by atoms with Gasteiger partial charge in [0, 0.05) is 37.1 Å². The minimum atomic E-state index is 0.608. The molecule has 0 amide bonds. The van der Waals surface area contributed by atoms with Crippen molar-refractivity contribution in [3.8, 4) is 0 Å². The average molecular weight is 276 g/mol. The average Bonchev–Trinajstić information content (AvgIpc) is 2.74. The monoisotopic (exact) mass is 276 g/mol. The van der Waals surface area contributed by atoms with Gasteiger partial charge in [-0.1, -0.05) is 32.6 Å². The zero-order valence-corrected chi connectivity index (χ0v) is 13.2. The third-order valence-corrected chi connectivity index (χ3v) is 4.32. The van der Waals surface area contributed by atoms with Crippen LogP contribution in [-0.2, 0) is 6.54 Å². The first-order valence-corrected chi connectivity index (χ1v) is 7.98. The lowest BCUT2D eigenvalue weighted by atomic mass is 10.1. The molecule has 0 bridgehead atoms. The standard InChI is InChI=1S/C16H28N4/c1-4-17-11-14-12-18-16(19-13(14)2)20(3)15-9-7-5-6-8-10-15/h12,15,17H,4-11H2,1-3H3. The summed E-state index contributed by atoms with van der Waals surface area (Å²) in [5, 5.41) is 3.33. The first-order valence-electron chi connectivity index (χ1n) is 7.98. The van der Waals surface area contributed by atoms with Gasteiger partial charge in [-0.25, -0.2) is 9.97 Å². The molecule has 1 aromatic rings. The van der Waals surface area contributed by atoms with Gasteiger partial charge in [-0.05, 0) is 26.3 Å². The van der Waals surface area contributed by atoms with Gasteiger partial charge in [0.05, 0.1) is 0 Å². The minimum Gasteiger partial charge on any atom is -0.341 e. The van der Waals surface area contributed by atoms with Crippen LogP contribution in [0, 0.1) is 6.92 Å². The van der Waals surface area contributed by atoms with Crippen LogP contribution in [0.1, 0.15) is 56.7 Å². The van der Waals surface area contributed by atoms with Crippen LogP contribution in [-0.4, -0.2) is 29.6 Å². The fraction of sp³-hybridized carbons (Fsp3) is 0.750. The van der Waals surface area contributed by atoms with Crippen molar-refractivity contribution in [3.05, 3.63) is 17.5 Å². The van der Waals surface area contributed by atoms with E-state index in [1.807, 2.05) is 6.20 Å². The Labute approximate surface area is 123 Å². The van der Waals surface area contributed by atoms with Gasteiger partial charge < -0.3 is 10.2 Å². The van der Waals surface area contributed by atoms with Crippen molar-refractivity contribution in [1.29, 1.82) is 0 Å². The molecular weight excluding hydrogens is 248 g/mol. The van der Waals surface area contributed by atoms with Gasteiger partial charge >= 0.3 is 0 Å². The summed E-state index contributed by atoms with van der Waals surface area (Å²) in [5.41, 5.74) is 2.29. The quantitative estimate of drug-likeness (QED) is 0.839. The maximum absolute atomic E-state index is 4.71. The maximum atomic E-state index is 4.71. The molecule has 0 unspecified atom stereocenters. The Hall–Kier alpha value is -1.16. The van der Waals surface area contributed by atoms with E-state index in [0.717, 1.165) is 24.7 Å². The summed E-state index contributed by atoms with van der Waals surface area (Å²) in [6.45, 7) is 6.03. The van der Waals surface area contributed by atoms with Crippen LogP contribution < -0.4 is 10.2 Å². The fourth-order valence-corrected chi connectivity index (χ4v) is 2.89. The number of nitrogens with zero attached hydrogens (tertiary/aromatic N) is 3. The van der Waals surface area contributed by atoms with E-state index < -0.39 is 0 Å². The molecule has 4 nitrogen and oxygen atoms in total. The summed E-state index contributed by atoms with van der Waals surface area (Å²) in [4.78, 5) is 11.6. The molecule has 2 rings (SSSR count). The SMILES string of the molecule is CCNCc1cnc(N(C)C2CCCCCC2)nc1C. The molecule has 4 heteroatoms. The van der Waals surface area contributed by atoms with Crippen molar-refractivity contribution in [3.63, 3.8) is 0 Å². The maximum Gasteiger partial charge on any atom is 0.225 e. The summed E-state index contributed by atoms with van der Waals surface area (Å²) < 4.78 is 0. The number of anilines is 1. The number of aryl methyl sites for hydroxylation is 1. The number of hydrogen-bond acceptors (Lipinski definition) is 4. The Morgan fingerprint density at radius 3 is 2.55 bits per heavy atom. The molecule has 0 aromatic carbocycles. The van der Waals surface area contributed by atoms with Crippen molar-refractivity contribution >= 4 is 5.95 Å². The fourth-order valence-electron chi connectivity index (χ4n) is 2.89. The summed E-state index contributed by atoms with van der Waals surface area (Å²) in [6, 6.07) is 0.608. The van der Waals surface area contributed by atoms with Crippen molar-refractivity contribution in [2.45, 2.75) is 65.0 Å². The number of rotatable bonds is 5. The van der Waals surface area contributed by atoms with Gasteiger partial charge in [-0.3, -0.25) is 0 Å². The Kier molecular flexibility index (Phi) is 5.77. The van der Waals surface area contributed by atoms with E-state index in [2.05, 4.69) is 36.1 Å². The van der Waals surface area contributed by atoms with Crippen molar-refractivity contribution in [2.75, 3.05) is 18.5 Å². The zero-order chi connectivity index (χ0) is 14.4. The minimum absolute atomic E-state index is 0.608. The zero-order valence-electron chi connectivity index (χ0n) is 13.2. The van der Waals surface area contributed by atoms with Crippen molar-refractivity contribution in [2.24, 2.45) is 0 Å². The molecule has 1 aromatic heterocycles. The molecule has 0 saturated heterocycles. The summed E-state index contributed by atoms with van der Waals surface area (Å²) >= 11 is 0. The molecule has 0 radical (unpaired) electrons. The van der Waals surface area contributed by atoms with Gasteiger partial charge in [-0.15, -0.1) is 0 Å². The van der Waals surface area contributed by atoms with Crippen LogP contribution in [0.15, 0.2) is 6.20 Å². The van der Waals surface area contributed by atoms with Crippen LogP contribution >= 0.6 is 0 Å². The molecule has 1 heterocycles. The first kappa shape index (κ1) is 15.2. The highest BCUT2D eigenvalue weighted by Gasteiger charge is 2.19. The largest absolute Gasteiger partial charge is 0.341 e. The molecule has 0 spiro atoms. The second-order valence-corrected chi connectivity index (χ2v) is 5.82. The predicted molar refractivity (Wildman–Crippen MR) is 84.0 cm³/mol. The van der Waals surface area contributed by atoms with E-state index in [0.29, 0.717) is 6.04 Å². The van der Waals surface area contributed by atoms with Crippen LogP contribution in [0.4, 0.5) is 5.95 Å². The lowest BCUT2D eigenvalue weighted by molar-refractivity contribution is 0.543. The molecule has 0 atom stereocenters. The second kappa shape index (κ2) is 7.58. The third kappa shape index (κ3) is 3.92. The molecule has 1 N–H and O–H groups in total. The highest BCUT2D eigenvalue weighted by molar-refractivity contribution is 5.33. The third-order valence-electron chi connectivity index (χ3n) is 4.32. The van der Waals surface area contributed by atoms with Crippen molar-refractivity contribution in [1.82, 2.24) is 15.3 Å². The smallest absolute Gasteiger partial charge is 0.225 e. The molecule has 20 heavy (non-hydrogen) atoms. The molecular formula is C16H28N4. The van der Waals surface area contributed by atoms with Crippen LogP contribution in [0.3, 0.4) is 0 Å². The van der Waals surface area contributed by atoms with Gasteiger partial charge in [0.25, 0.3) is 0 Å². The second-order valence-electron chi connectivity index (χ2n) is 5.82. The number of hydrogen-bond donors (Lipinski definition) is 1. The van der Waals surface area contributed by atoms with Crippen LogP contribution in [0.2, 0.25) is 0 Å². The van der Waals surface area contributed by atoms with Gasteiger partial charge in [0.1, 0.15) is 0 Å². The normalized spacial score (nSPS) is 16.9. The van der Waals surface area contributed by atoms with Crippen molar-refractivity contribution < 1.29 is 0 Å².